The van der Waals surface area contributed by atoms with Crippen molar-refractivity contribution in [3.05, 3.63) is 68.5 Å². The van der Waals surface area contributed by atoms with Gasteiger partial charge < -0.3 is 10.6 Å². The lowest BCUT2D eigenvalue weighted by atomic mass is 10.1. The van der Waals surface area contributed by atoms with E-state index in [0.717, 1.165) is 12.1 Å². The van der Waals surface area contributed by atoms with E-state index >= 15 is 0 Å². The van der Waals surface area contributed by atoms with Crippen LogP contribution < -0.4 is 10.6 Å². The maximum atomic E-state index is 13.1. The minimum atomic E-state index is -4.62. The maximum Gasteiger partial charge on any atom is 0.416 e. The molecular formula is C17H11F3N2O2S2. The highest BCUT2D eigenvalue weighted by Gasteiger charge is 2.31. The number of carbonyl (C=O) groups is 2. The molecule has 0 radical (unpaired) electrons. The fourth-order valence-corrected chi connectivity index (χ4v) is 3.40. The first-order valence-electron chi connectivity index (χ1n) is 7.22. The van der Waals surface area contributed by atoms with Gasteiger partial charge in [-0.3, -0.25) is 9.59 Å². The monoisotopic (exact) mass is 396 g/mol. The number of anilines is 2. The van der Waals surface area contributed by atoms with E-state index in [4.69, 9.17) is 0 Å². The third-order valence-electron chi connectivity index (χ3n) is 3.34. The van der Waals surface area contributed by atoms with Gasteiger partial charge in [-0.25, -0.2) is 0 Å². The molecule has 0 fully saturated rings. The number of amides is 2. The second-order valence-electron chi connectivity index (χ2n) is 5.23. The molecule has 3 aromatic rings. The van der Waals surface area contributed by atoms with Gasteiger partial charge in [-0.05, 0) is 41.1 Å². The van der Waals surface area contributed by atoms with Crippen LogP contribution in [0.15, 0.2) is 51.9 Å². The van der Waals surface area contributed by atoms with Crippen LogP contribution in [-0.4, -0.2) is 11.8 Å². The van der Waals surface area contributed by atoms with Crippen molar-refractivity contribution < 1.29 is 22.8 Å². The second kappa shape index (κ2) is 7.30. The zero-order valence-corrected chi connectivity index (χ0v) is 14.6. The van der Waals surface area contributed by atoms with Crippen molar-refractivity contribution in [2.24, 2.45) is 0 Å². The van der Waals surface area contributed by atoms with Crippen molar-refractivity contribution in [3.63, 3.8) is 0 Å². The van der Waals surface area contributed by atoms with Crippen LogP contribution in [0.4, 0.5) is 24.5 Å². The van der Waals surface area contributed by atoms with Gasteiger partial charge in [0, 0.05) is 22.1 Å². The minimum absolute atomic E-state index is 0.0587. The summed E-state index contributed by atoms with van der Waals surface area (Å²) < 4.78 is 39.4. The first kappa shape index (κ1) is 18.2. The van der Waals surface area contributed by atoms with Crippen LogP contribution in [0.25, 0.3) is 0 Å². The zero-order chi connectivity index (χ0) is 18.7. The Labute approximate surface area is 154 Å². The molecule has 0 aliphatic rings. The molecule has 2 heterocycles. The molecule has 2 amide bonds. The number of hydrogen-bond donors (Lipinski definition) is 2. The van der Waals surface area contributed by atoms with Crippen LogP contribution in [-0.2, 0) is 6.18 Å². The van der Waals surface area contributed by atoms with Gasteiger partial charge in [0.2, 0.25) is 0 Å². The summed E-state index contributed by atoms with van der Waals surface area (Å²) in [6.45, 7) is 0. The van der Waals surface area contributed by atoms with Crippen molar-refractivity contribution in [2.75, 3.05) is 10.6 Å². The summed E-state index contributed by atoms with van der Waals surface area (Å²) in [6, 6.07) is 6.05. The third-order valence-corrected chi connectivity index (χ3v) is 4.71. The summed E-state index contributed by atoms with van der Waals surface area (Å²) in [5.74, 6) is -1.05. The van der Waals surface area contributed by atoms with Crippen molar-refractivity contribution in [3.8, 4) is 0 Å². The average molecular weight is 396 g/mol. The van der Waals surface area contributed by atoms with Crippen LogP contribution in [0.2, 0.25) is 0 Å². The summed E-state index contributed by atoms with van der Waals surface area (Å²) in [5.41, 5.74) is -0.401. The molecule has 3 rings (SSSR count). The molecule has 0 atom stereocenters. The Morgan fingerprint density at radius 1 is 0.808 bits per heavy atom. The fraction of sp³-hybridized carbons (Fsp3) is 0.0588. The largest absolute Gasteiger partial charge is 0.416 e. The first-order valence-corrected chi connectivity index (χ1v) is 9.11. The summed E-state index contributed by atoms with van der Waals surface area (Å²) in [5, 5.41) is 11.4. The zero-order valence-electron chi connectivity index (χ0n) is 13.0. The molecule has 0 spiro atoms. The first-order chi connectivity index (χ1) is 12.3. The van der Waals surface area contributed by atoms with Gasteiger partial charge in [-0.2, -0.15) is 35.8 Å². The number of nitrogens with one attached hydrogen (secondary N) is 2. The van der Waals surface area contributed by atoms with Crippen molar-refractivity contribution >= 4 is 45.9 Å². The number of halogens is 3. The van der Waals surface area contributed by atoms with Gasteiger partial charge in [0.25, 0.3) is 11.8 Å². The van der Waals surface area contributed by atoms with E-state index in [1.165, 1.54) is 28.7 Å². The lowest BCUT2D eigenvalue weighted by Gasteiger charge is -2.13. The Hall–Kier alpha value is -2.65. The second-order valence-corrected chi connectivity index (χ2v) is 6.79. The Bertz CT molecular complexity index is 854. The van der Waals surface area contributed by atoms with E-state index in [1.54, 1.807) is 33.7 Å². The van der Waals surface area contributed by atoms with Gasteiger partial charge in [0.15, 0.2) is 0 Å². The van der Waals surface area contributed by atoms with Gasteiger partial charge in [0.05, 0.1) is 16.7 Å². The molecule has 0 bridgehead atoms. The van der Waals surface area contributed by atoms with E-state index < -0.39 is 23.6 Å². The smallest absolute Gasteiger partial charge is 0.322 e. The Morgan fingerprint density at radius 3 is 1.62 bits per heavy atom. The Morgan fingerprint density at radius 2 is 1.27 bits per heavy atom. The average Bonchev–Trinajstić information content (AvgIpc) is 3.27. The van der Waals surface area contributed by atoms with Crippen molar-refractivity contribution in [1.29, 1.82) is 0 Å². The molecule has 0 saturated heterocycles. The molecule has 0 saturated carbocycles. The van der Waals surface area contributed by atoms with Gasteiger partial charge >= 0.3 is 6.18 Å². The topological polar surface area (TPSA) is 58.2 Å². The molecule has 1 aromatic carbocycles. The van der Waals surface area contributed by atoms with Crippen LogP contribution in [0.5, 0.6) is 0 Å². The number of thiophene rings is 2. The summed E-state index contributed by atoms with van der Waals surface area (Å²) in [4.78, 5) is 24.2. The summed E-state index contributed by atoms with van der Waals surface area (Å²) in [6.07, 6.45) is -4.62. The normalized spacial score (nSPS) is 11.2. The Balaban J connectivity index is 1.89. The molecule has 26 heavy (non-hydrogen) atoms. The quantitative estimate of drug-likeness (QED) is 0.626. The van der Waals surface area contributed by atoms with E-state index in [9.17, 15) is 22.8 Å². The van der Waals surface area contributed by atoms with Gasteiger partial charge in [0.1, 0.15) is 0 Å². The number of rotatable bonds is 4. The molecule has 2 N–H and O–H groups in total. The summed E-state index contributed by atoms with van der Waals surface area (Å²) in [7, 11) is 0. The molecule has 134 valence electrons. The fourth-order valence-electron chi connectivity index (χ4n) is 2.13. The highest BCUT2D eigenvalue weighted by Crippen LogP contribution is 2.33. The van der Waals surface area contributed by atoms with E-state index in [1.807, 2.05) is 0 Å². The molecule has 9 heteroatoms. The number of hydrogen-bond acceptors (Lipinski definition) is 4. The molecule has 0 unspecified atom stereocenters. The summed E-state index contributed by atoms with van der Waals surface area (Å²) >= 11 is 2.60. The standard InChI is InChI=1S/C17H11F3N2O2S2/c18-17(19,20)12-5-13(21-15(23)10-1-3-25-8-10)7-14(6-12)22-16(24)11-2-4-26-9-11/h1-9H,(H,21,23)(H,22,24). The maximum absolute atomic E-state index is 13.1. The highest BCUT2D eigenvalue weighted by atomic mass is 32.1. The van der Waals surface area contributed by atoms with E-state index in [0.29, 0.717) is 11.1 Å². The molecular weight excluding hydrogens is 385 g/mol. The van der Waals surface area contributed by atoms with E-state index in [2.05, 4.69) is 10.6 Å². The Kier molecular flexibility index (Phi) is 5.10. The predicted octanol–water partition coefficient (Wildman–Crippen LogP) is 5.33. The van der Waals surface area contributed by atoms with Crippen LogP contribution in [0, 0.1) is 0 Å². The third kappa shape index (κ3) is 4.30. The van der Waals surface area contributed by atoms with Gasteiger partial charge in [-0.1, -0.05) is 0 Å². The number of alkyl halides is 3. The lowest BCUT2D eigenvalue weighted by molar-refractivity contribution is -0.137. The van der Waals surface area contributed by atoms with Gasteiger partial charge in [-0.15, -0.1) is 0 Å². The van der Waals surface area contributed by atoms with Crippen molar-refractivity contribution in [2.45, 2.75) is 6.18 Å². The van der Waals surface area contributed by atoms with Crippen LogP contribution >= 0.6 is 22.7 Å². The SMILES string of the molecule is O=C(Nc1cc(NC(=O)c2ccsc2)cc(C(F)(F)F)c1)c1ccsc1. The van der Waals surface area contributed by atoms with Crippen LogP contribution in [0.3, 0.4) is 0 Å². The number of carbonyl (C=O) groups excluding carboxylic acids is 2. The molecule has 4 nitrogen and oxygen atoms in total. The van der Waals surface area contributed by atoms with Crippen molar-refractivity contribution in [1.82, 2.24) is 0 Å². The number of benzene rings is 1. The van der Waals surface area contributed by atoms with Crippen LogP contribution in [0.1, 0.15) is 26.3 Å². The molecule has 0 aliphatic carbocycles. The predicted molar refractivity (Wildman–Crippen MR) is 96.0 cm³/mol. The van der Waals surface area contributed by atoms with E-state index in [-0.39, 0.29) is 11.4 Å². The lowest BCUT2D eigenvalue weighted by Crippen LogP contribution is -2.15. The highest BCUT2D eigenvalue weighted by molar-refractivity contribution is 7.08. The molecule has 2 aromatic heterocycles. The minimum Gasteiger partial charge on any atom is -0.322 e. The molecule has 0 aliphatic heterocycles.